The minimum Gasteiger partial charge on any atom is -0.206 e. The summed E-state index contributed by atoms with van der Waals surface area (Å²) in [4.78, 5) is 0. The van der Waals surface area contributed by atoms with Gasteiger partial charge in [0.15, 0.2) is 0 Å². The largest absolute Gasteiger partial charge is 0.219 e. The monoisotopic (exact) mass is 218 g/mol. The third-order valence-electron chi connectivity index (χ3n) is 2.41. The molecule has 2 aromatic rings. The van der Waals surface area contributed by atoms with Crippen molar-refractivity contribution in [1.29, 1.82) is 0 Å². The van der Waals surface area contributed by atoms with Gasteiger partial charge in [-0.15, -0.1) is 0 Å². The zero-order valence-electron chi connectivity index (χ0n) is 9.52. The first-order valence-corrected chi connectivity index (χ1v) is 5.46. The van der Waals surface area contributed by atoms with E-state index in [0.29, 0.717) is 11.5 Å². The van der Waals surface area contributed by atoms with Gasteiger partial charge >= 0.3 is 0 Å². The lowest BCUT2D eigenvalue weighted by Crippen LogP contribution is -2.01. The topological polar surface area (TPSA) is 17.8 Å². The molecule has 0 aliphatic carbocycles. The van der Waals surface area contributed by atoms with Crippen molar-refractivity contribution in [3.8, 4) is 5.69 Å². The fourth-order valence-corrected chi connectivity index (χ4v) is 1.69. The van der Waals surface area contributed by atoms with Gasteiger partial charge in [0.25, 0.3) is 0 Å². The minimum atomic E-state index is -0.250. The summed E-state index contributed by atoms with van der Waals surface area (Å²) in [5, 5.41) is 4.08. The third-order valence-corrected chi connectivity index (χ3v) is 2.41. The first-order chi connectivity index (χ1) is 7.68. The maximum Gasteiger partial charge on any atom is 0.219 e. The number of nitrogens with zero attached hydrogens (tertiary/aromatic N) is 2. The van der Waals surface area contributed by atoms with Crippen LogP contribution >= 0.6 is 0 Å². The van der Waals surface area contributed by atoms with Gasteiger partial charge in [-0.2, -0.15) is 9.49 Å². The summed E-state index contributed by atoms with van der Waals surface area (Å²) in [5.74, 6) is 0.183. The summed E-state index contributed by atoms with van der Waals surface area (Å²) in [5.41, 5.74) is 1.44. The second-order valence-electron chi connectivity index (χ2n) is 4.31. The molecule has 16 heavy (non-hydrogen) atoms. The fraction of sp³-hybridized carbons (Fsp3) is 0.308. The maximum atomic E-state index is 14.0. The number of benzene rings is 1. The van der Waals surface area contributed by atoms with Crippen molar-refractivity contribution in [2.24, 2.45) is 5.92 Å². The van der Waals surface area contributed by atoms with E-state index in [1.807, 2.05) is 30.3 Å². The molecule has 0 N–H and O–H groups in total. The molecular weight excluding hydrogens is 203 g/mol. The van der Waals surface area contributed by atoms with E-state index in [9.17, 15) is 4.39 Å². The van der Waals surface area contributed by atoms with Crippen LogP contribution in [-0.2, 0) is 6.42 Å². The first kappa shape index (κ1) is 10.9. The number of hydrogen-bond donors (Lipinski definition) is 0. The van der Waals surface area contributed by atoms with Crippen LogP contribution in [0, 0.1) is 11.9 Å². The van der Waals surface area contributed by atoms with E-state index in [0.717, 1.165) is 12.1 Å². The van der Waals surface area contributed by atoms with Gasteiger partial charge in [0, 0.05) is 5.56 Å². The van der Waals surface area contributed by atoms with E-state index >= 15 is 0 Å². The highest BCUT2D eigenvalue weighted by atomic mass is 19.1. The second-order valence-corrected chi connectivity index (χ2v) is 4.31. The number of rotatable bonds is 3. The van der Waals surface area contributed by atoms with Gasteiger partial charge in [0.1, 0.15) is 0 Å². The molecule has 1 aromatic heterocycles. The normalized spacial score (nSPS) is 11.0. The van der Waals surface area contributed by atoms with Crippen molar-refractivity contribution in [3.63, 3.8) is 0 Å². The molecule has 1 aromatic carbocycles. The molecule has 1 heterocycles. The molecule has 0 aliphatic rings. The Morgan fingerprint density at radius 1 is 1.25 bits per heavy atom. The fourth-order valence-electron chi connectivity index (χ4n) is 1.69. The van der Waals surface area contributed by atoms with Crippen molar-refractivity contribution >= 4 is 0 Å². The Kier molecular flexibility index (Phi) is 3.04. The molecule has 0 spiro atoms. The van der Waals surface area contributed by atoms with Crippen LogP contribution in [0.15, 0.2) is 36.5 Å². The van der Waals surface area contributed by atoms with Gasteiger partial charge in [-0.25, -0.2) is 4.68 Å². The summed E-state index contributed by atoms with van der Waals surface area (Å²) in [7, 11) is 0. The van der Waals surface area contributed by atoms with Crippen molar-refractivity contribution in [3.05, 3.63) is 48.0 Å². The van der Waals surface area contributed by atoms with Crippen LogP contribution in [-0.4, -0.2) is 9.78 Å². The Hall–Kier alpha value is -1.64. The van der Waals surface area contributed by atoms with Crippen molar-refractivity contribution in [2.45, 2.75) is 20.3 Å². The highest BCUT2D eigenvalue weighted by molar-refractivity contribution is 5.31. The molecule has 0 bridgehead atoms. The Morgan fingerprint density at radius 2 is 1.94 bits per heavy atom. The van der Waals surface area contributed by atoms with Crippen molar-refractivity contribution < 1.29 is 4.39 Å². The smallest absolute Gasteiger partial charge is 0.206 e. The number of halogens is 1. The maximum absolute atomic E-state index is 14.0. The lowest BCUT2D eigenvalue weighted by Gasteiger charge is -2.03. The molecule has 0 atom stereocenters. The highest BCUT2D eigenvalue weighted by Crippen LogP contribution is 2.15. The third kappa shape index (κ3) is 2.13. The van der Waals surface area contributed by atoms with Crippen molar-refractivity contribution in [1.82, 2.24) is 9.78 Å². The zero-order chi connectivity index (χ0) is 11.5. The van der Waals surface area contributed by atoms with Gasteiger partial charge in [-0.1, -0.05) is 32.0 Å². The van der Waals surface area contributed by atoms with Gasteiger partial charge in [0.05, 0.1) is 11.9 Å². The van der Waals surface area contributed by atoms with Crippen LogP contribution < -0.4 is 0 Å². The van der Waals surface area contributed by atoms with Crippen LogP contribution in [0.1, 0.15) is 19.4 Å². The lowest BCUT2D eigenvalue weighted by atomic mass is 10.1. The van der Waals surface area contributed by atoms with E-state index in [1.54, 1.807) is 6.20 Å². The quantitative estimate of drug-likeness (QED) is 0.773. The van der Waals surface area contributed by atoms with E-state index < -0.39 is 0 Å². The van der Waals surface area contributed by atoms with Crippen LogP contribution in [0.4, 0.5) is 4.39 Å². The van der Waals surface area contributed by atoms with Crippen LogP contribution in [0.2, 0.25) is 0 Å². The number of para-hydroxylation sites is 1. The molecule has 0 saturated heterocycles. The van der Waals surface area contributed by atoms with E-state index in [1.165, 1.54) is 4.68 Å². The molecule has 84 valence electrons. The summed E-state index contributed by atoms with van der Waals surface area (Å²) in [6.07, 6.45) is 2.33. The molecular formula is C13H15FN2. The van der Waals surface area contributed by atoms with E-state index in [4.69, 9.17) is 0 Å². The van der Waals surface area contributed by atoms with Crippen molar-refractivity contribution in [2.75, 3.05) is 0 Å². The summed E-state index contributed by atoms with van der Waals surface area (Å²) in [6.45, 7) is 4.14. The Labute approximate surface area is 94.7 Å². The number of aromatic nitrogens is 2. The predicted octanol–water partition coefficient (Wildman–Crippen LogP) is 3.21. The van der Waals surface area contributed by atoms with Crippen LogP contribution in [0.3, 0.4) is 0 Å². The SMILES string of the molecule is CC(C)Cc1cnn(-c2ccccc2)c1F. The number of hydrogen-bond acceptors (Lipinski definition) is 1. The van der Waals surface area contributed by atoms with Crippen LogP contribution in [0.25, 0.3) is 5.69 Å². The van der Waals surface area contributed by atoms with Gasteiger partial charge < -0.3 is 0 Å². The average molecular weight is 218 g/mol. The zero-order valence-corrected chi connectivity index (χ0v) is 9.52. The molecule has 0 amide bonds. The summed E-state index contributed by atoms with van der Waals surface area (Å²) >= 11 is 0. The molecule has 0 unspecified atom stereocenters. The van der Waals surface area contributed by atoms with E-state index in [2.05, 4.69) is 18.9 Å². The Balaban J connectivity index is 2.34. The minimum absolute atomic E-state index is 0.250. The molecule has 0 saturated carbocycles. The van der Waals surface area contributed by atoms with Gasteiger partial charge in [0.2, 0.25) is 5.95 Å². The lowest BCUT2D eigenvalue weighted by molar-refractivity contribution is 0.514. The predicted molar refractivity (Wildman–Crippen MR) is 62.1 cm³/mol. The summed E-state index contributed by atoms with van der Waals surface area (Å²) < 4.78 is 15.3. The molecule has 2 rings (SSSR count). The molecule has 0 fully saturated rings. The molecule has 3 heteroatoms. The summed E-state index contributed by atoms with van der Waals surface area (Å²) in [6, 6.07) is 9.33. The van der Waals surface area contributed by atoms with Gasteiger partial charge in [-0.05, 0) is 24.5 Å². The molecule has 0 radical (unpaired) electrons. The van der Waals surface area contributed by atoms with E-state index in [-0.39, 0.29) is 5.95 Å². The second kappa shape index (κ2) is 4.47. The molecule has 2 nitrogen and oxygen atoms in total. The standard InChI is InChI=1S/C13H15FN2/c1-10(2)8-11-9-15-16(13(11)14)12-6-4-3-5-7-12/h3-7,9-10H,8H2,1-2H3. The highest BCUT2D eigenvalue weighted by Gasteiger charge is 2.12. The Morgan fingerprint density at radius 3 is 2.56 bits per heavy atom. The first-order valence-electron chi connectivity index (χ1n) is 5.46. The van der Waals surface area contributed by atoms with Gasteiger partial charge in [-0.3, -0.25) is 0 Å². The average Bonchev–Trinajstić information content (AvgIpc) is 2.61. The molecule has 0 aliphatic heterocycles. The Bertz CT molecular complexity index is 460. The van der Waals surface area contributed by atoms with Crippen LogP contribution in [0.5, 0.6) is 0 Å².